The van der Waals surface area contributed by atoms with Gasteiger partial charge in [-0.2, -0.15) is 0 Å². The van der Waals surface area contributed by atoms with Gasteiger partial charge in [-0.05, 0) is 49.4 Å². The minimum Gasteiger partial charge on any atom is -0.507 e. The molecule has 0 spiro atoms. The Bertz CT molecular complexity index is 1010. The minimum atomic E-state index is -3.71. The first-order chi connectivity index (χ1) is 12.2. The van der Waals surface area contributed by atoms with Crippen LogP contribution >= 0.6 is 11.3 Å². The number of phenols is 1. The third kappa shape index (κ3) is 3.45. The zero-order chi connectivity index (χ0) is 19.1. The van der Waals surface area contributed by atoms with Crippen LogP contribution in [0.3, 0.4) is 0 Å². The number of carboxylic acids is 1. The van der Waals surface area contributed by atoms with Crippen LogP contribution < -0.4 is 5.32 Å². The van der Waals surface area contributed by atoms with Crippen LogP contribution in [0.4, 0.5) is 5.00 Å². The number of aromatic hydroxyl groups is 1. The number of amides is 1. The van der Waals surface area contributed by atoms with Crippen molar-refractivity contribution in [2.24, 2.45) is 0 Å². The summed E-state index contributed by atoms with van der Waals surface area (Å²) in [5.41, 5.74) is 0.901. The van der Waals surface area contributed by atoms with Gasteiger partial charge in [0.05, 0.1) is 5.56 Å². The number of hydrogen-bond donors (Lipinski definition) is 3. The molecule has 0 bridgehead atoms. The first kappa shape index (κ1) is 18.4. The van der Waals surface area contributed by atoms with Crippen LogP contribution in [0, 0.1) is 0 Å². The monoisotopic (exact) mass is 395 g/mol. The number of thiophene rings is 1. The lowest BCUT2D eigenvalue weighted by Gasteiger charge is -2.10. The van der Waals surface area contributed by atoms with Crippen molar-refractivity contribution in [2.75, 3.05) is 11.6 Å². The Kier molecular flexibility index (Phi) is 4.76. The van der Waals surface area contributed by atoms with Crippen LogP contribution in [0.5, 0.6) is 5.75 Å². The molecular weight excluding hydrogens is 378 g/mol. The number of carbonyl (C=O) groups excluding carboxylic acids is 1. The summed E-state index contributed by atoms with van der Waals surface area (Å²) in [4.78, 5) is 24.8. The maximum absolute atomic E-state index is 12.5. The molecule has 0 saturated carbocycles. The van der Waals surface area contributed by atoms with E-state index in [9.17, 15) is 28.2 Å². The normalized spacial score (nSPS) is 13.9. The van der Waals surface area contributed by atoms with Gasteiger partial charge in [0.25, 0.3) is 5.91 Å². The van der Waals surface area contributed by atoms with Crippen molar-refractivity contribution in [1.29, 1.82) is 0 Å². The number of rotatable bonds is 4. The zero-order valence-electron chi connectivity index (χ0n) is 13.9. The fourth-order valence-corrected chi connectivity index (χ4v) is 5.07. The van der Waals surface area contributed by atoms with E-state index in [1.165, 1.54) is 17.4 Å². The number of carboxylic acid groups (broad SMARTS) is 1. The number of anilines is 1. The molecule has 1 amide bonds. The van der Waals surface area contributed by atoms with E-state index >= 15 is 0 Å². The van der Waals surface area contributed by atoms with Gasteiger partial charge in [-0.25, -0.2) is 13.2 Å². The standard InChI is InChI=1S/C17H17NO6S2/c1-26(23,24)13-8-9(6-7-11(13)19)15(20)18-16-14(17(21)22)10-4-2-3-5-12(10)25-16/h6-8,19H,2-5H2,1H3,(H,18,20)(H,21,22). The molecule has 138 valence electrons. The molecule has 0 saturated heterocycles. The summed E-state index contributed by atoms with van der Waals surface area (Å²) in [6.07, 6.45) is 4.27. The molecule has 1 heterocycles. The van der Waals surface area contributed by atoms with E-state index in [4.69, 9.17) is 0 Å². The van der Waals surface area contributed by atoms with Gasteiger partial charge in [0.1, 0.15) is 15.6 Å². The smallest absolute Gasteiger partial charge is 0.339 e. The molecule has 2 aromatic rings. The van der Waals surface area contributed by atoms with Crippen molar-refractivity contribution in [1.82, 2.24) is 0 Å². The number of hydrogen-bond acceptors (Lipinski definition) is 6. The number of fused-ring (bicyclic) bond motifs is 1. The Balaban J connectivity index is 1.97. The van der Waals surface area contributed by atoms with E-state index < -0.39 is 27.5 Å². The molecule has 0 atom stereocenters. The molecule has 7 nitrogen and oxygen atoms in total. The molecule has 3 N–H and O–H groups in total. The average molecular weight is 395 g/mol. The quantitative estimate of drug-likeness (QED) is 0.732. The highest BCUT2D eigenvalue weighted by molar-refractivity contribution is 7.90. The van der Waals surface area contributed by atoms with Crippen molar-refractivity contribution in [3.8, 4) is 5.75 Å². The molecular formula is C17H17NO6S2. The van der Waals surface area contributed by atoms with Crippen molar-refractivity contribution >= 4 is 38.1 Å². The molecule has 0 unspecified atom stereocenters. The summed E-state index contributed by atoms with van der Waals surface area (Å²) in [6, 6.07) is 3.49. The van der Waals surface area contributed by atoms with Gasteiger partial charge in [0.15, 0.2) is 9.84 Å². The van der Waals surface area contributed by atoms with Gasteiger partial charge in [-0.15, -0.1) is 11.3 Å². The Morgan fingerprint density at radius 1 is 1.19 bits per heavy atom. The summed E-state index contributed by atoms with van der Waals surface area (Å²) >= 11 is 1.25. The number of carbonyl (C=O) groups is 2. The Morgan fingerprint density at radius 2 is 1.88 bits per heavy atom. The predicted molar refractivity (Wildman–Crippen MR) is 97.1 cm³/mol. The molecule has 1 aromatic carbocycles. The van der Waals surface area contributed by atoms with E-state index in [0.29, 0.717) is 6.42 Å². The summed E-state index contributed by atoms with van der Waals surface area (Å²) in [5, 5.41) is 22.0. The largest absolute Gasteiger partial charge is 0.507 e. The number of aryl methyl sites for hydroxylation is 1. The van der Waals surface area contributed by atoms with Crippen LogP contribution in [0.15, 0.2) is 23.1 Å². The molecule has 0 aliphatic heterocycles. The highest BCUT2D eigenvalue weighted by atomic mass is 32.2. The van der Waals surface area contributed by atoms with E-state index in [2.05, 4.69) is 5.32 Å². The van der Waals surface area contributed by atoms with Crippen LogP contribution in [-0.2, 0) is 22.7 Å². The zero-order valence-corrected chi connectivity index (χ0v) is 15.5. The lowest BCUT2D eigenvalue weighted by molar-refractivity contribution is 0.0697. The molecule has 1 aliphatic rings. The summed E-state index contributed by atoms with van der Waals surface area (Å²) in [6.45, 7) is 0. The summed E-state index contributed by atoms with van der Waals surface area (Å²) < 4.78 is 23.4. The minimum absolute atomic E-state index is 0.0194. The van der Waals surface area contributed by atoms with Crippen molar-refractivity contribution in [2.45, 2.75) is 30.6 Å². The maximum Gasteiger partial charge on any atom is 0.339 e. The Hall–Kier alpha value is -2.39. The number of aromatic carboxylic acids is 1. The van der Waals surface area contributed by atoms with E-state index in [-0.39, 0.29) is 21.0 Å². The van der Waals surface area contributed by atoms with Gasteiger partial charge in [0, 0.05) is 16.7 Å². The number of benzene rings is 1. The highest BCUT2D eigenvalue weighted by Gasteiger charge is 2.26. The predicted octanol–water partition coefficient (Wildman–Crippen LogP) is 2.69. The molecule has 1 aliphatic carbocycles. The SMILES string of the molecule is CS(=O)(=O)c1cc(C(=O)Nc2sc3c(c2C(=O)O)CCCC3)ccc1O. The maximum atomic E-state index is 12.5. The van der Waals surface area contributed by atoms with Crippen LogP contribution in [-0.4, -0.2) is 36.8 Å². The van der Waals surface area contributed by atoms with E-state index in [1.807, 2.05) is 0 Å². The van der Waals surface area contributed by atoms with Crippen molar-refractivity contribution < 1.29 is 28.2 Å². The topological polar surface area (TPSA) is 121 Å². The average Bonchev–Trinajstić information content (AvgIpc) is 2.91. The second-order valence-corrected chi connectivity index (χ2v) is 9.22. The Morgan fingerprint density at radius 3 is 2.54 bits per heavy atom. The number of sulfone groups is 1. The third-order valence-electron chi connectivity index (χ3n) is 4.23. The molecule has 3 rings (SSSR count). The fourth-order valence-electron chi connectivity index (χ4n) is 3.01. The van der Waals surface area contributed by atoms with Gasteiger partial charge < -0.3 is 15.5 Å². The second kappa shape index (κ2) is 6.73. The summed E-state index contributed by atoms with van der Waals surface area (Å²) in [7, 11) is -3.71. The second-order valence-electron chi connectivity index (χ2n) is 6.13. The molecule has 9 heteroatoms. The molecule has 26 heavy (non-hydrogen) atoms. The highest BCUT2D eigenvalue weighted by Crippen LogP contribution is 2.38. The van der Waals surface area contributed by atoms with Crippen molar-refractivity contribution in [3.63, 3.8) is 0 Å². The number of phenolic OH excluding ortho intramolecular Hbond substituents is 1. The van der Waals surface area contributed by atoms with Crippen LogP contribution in [0.1, 0.15) is 44.0 Å². The van der Waals surface area contributed by atoms with Gasteiger partial charge in [-0.1, -0.05) is 0 Å². The summed E-state index contributed by atoms with van der Waals surface area (Å²) in [5.74, 6) is -2.17. The van der Waals surface area contributed by atoms with E-state index in [1.54, 1.807) is 0 Å². The molecule has 1 aromatic heterocycles. The lowest BCUT2D eigenvalue weighted by atomic mass is 9.95. The molecule has 0 radical (unpaired) electrons. The van der Waals surface area contributed by atoms with Gasteiger partial charge in [-0.3, -0.25) is 4.79 Å². The fraction of sp³-hybridized carbons (Fsp3) is 0.294. The first-order valence-corrected chi connectivity index (χ1v) is 10.6. The third-order valence-corrected chi connectivity index (χ3v) is 6.57. The Labute approximate surface area is 154 Å². The van der Waals surface area contributed by atoms with Gasteiger partial charge >= 0.3 is 5.97 Å². The van der Waals surface area contributed by atoms with Crippen LogP contribution in [0.2, 0.25) is 0 Å². The first-order valence-electron chi connectivity index (χ1n) is 7.90. The van der Waals surface area contributed by atoms with E-state index in [0.717, 1.165) is 48.1 Å². The van der Waals surface area contributed by atoms with Crippen LogP contribution in [0.25, 0.3) is 0 Å². The van der Waals surface area contributed by atoms with Crippen molar-refractivity contribution in [3.05, 3.63) is 39.8 Å². The lowest BCUT2D eigenvalue weighted by Crippen LogP contribution is -2.15. The van der Waals surface area contributed by atoms with Gasteiger partial charge in [0.2, 0.25) is 0 Å². The molecule has 0 fully saturated rings. The number of nitrogens with one attached hydrogen (secondary N) is 1.